The Morgan fingerprint density at radius 1 is 1.04 bits per heavy atom. The lowest BCUT2D eigenvalue weighted by molar-refractivity contribution is -0.145. The molecule has 2 saturated heterocycles. The van der Waals surface area contributed by atoms with Gasteiger partial charge in [-0.05, 0) is 44.1 Å². The van der Waals surface area contributed by atoms with Crippen molar-refractivity contribution in [2.24, 2.45) is 0 Å². The molecule has 1 aromatic rings. The Balaban J connectivity index is 1.54. The second-order valence-corrected chi connectivity index (χ2v) is 6.96. The Bertz CT molecular complexity index is 617. The lowest BCUT2D eigenvalue weighted by Gasteiger charge is -2.29. The van der Waals surface area contributed by atoms with E-state index in [4.69, 9.17) is 0 Å². The van der Waals surface area contributed by atoms with Crippen molar-refractivity contribution in [2.45, 2.75) is 57.0 Å². The topological polar surface area (TPSA) is 57.7 Å². The highest BCUT2D eigenvalue weighted by Crippen LogP contribution is 2.25. The second kappa shape index (κ2) is 8.28. The van der Waals surface area contributed by atoms with Gasteiger partial charge in [0.2, 0.25) is 11.8 Å². The van der Waals surface area contributed by atoms with Gasteiger partial charge in [-0.3, -0.25) is 9.59 Å². The highest BCUT2D eigenvalue weighted by atomic mass is 16.2. The average Bonchev–Trinajstić information content (AvgIpc) is 3.31. The molecule has 25 heavy (non-hydrogen) atoms. The van der Waals surface area contributed by atoms with Crippen molar-refractivity contribution in [1.29, 1.82) is 0 Å². The summed E-state index contributed by atoms with van der Waals surface area (Å²) in [5.41, 5.74) is 1.23. The summed E-state index contributed by atoms with van der Waals surface area (Å²) in [6.45, 7) is 1.29. The number of aryl methyl sites for hydroxylation is 1. The number of carbonyl (C=O) groups excluding carboxylic acids is 3. The Morgan fingerprint density at radius 2 is 1.76 bits per heavy atom. The van der Waals surface area contributed by atoms with Crippen LogP contribution in [0.25, 0.3) is 0 Å². The van der Waals surface area contributed by atoms with E-state index in [9.17, 15) is 14.4 Å². The number of hydrogen-bond acceptors (Lipinski definition) is 3. The molecule has 0 N–H and O–H groups in total. The third-order valence-corrected chi connectivity index (χ3v) is 5.30. The van der Waals surface area contributed by atoms with E-state index in [1.165, 1.54) is 5.56 Å². The van der Waals surface area contributed by atoms with Crippen LogP contribution in [0.2, 0.25) is 0 Å². The second-order valence-electron chi connectivity index (χ2n) is 6.96. The zero-order valence-corrected chi connectivity index (χ0v) is 14.6. The smallest absolute Gasteiger partial charge is 0.245 e. The molecule has 2 atom stereocenters. The molecular formula is C20H26N2O3. The van der Waals surface area contributed by atoms with Gasteiger partial charge in [-0.15, -0.1) is 0 Å². The minimum atomic E-state index is -0.371. The molecule has 1 aromatic carbocycles. The van der Waals surface area contributed by atoms with Crippen LogP contribution < -0.4 is 0 Å². The van der Waals surface area contributed by atoms with Crippen LogP contribution in [-0.4, -0.2) is 53.1 Å². The first-order valence-corrected chi connectivity index (χ1v) is 9.30. The van der Waals surface area contributed by atoms with Crippen molar-refractivity contribution in [3.05, 3.63) is 35.9 Å². The fraction of sp³-hybridized carbons (Fsp3) is 0.550. The summed E-state index contributed by atoms with van der Waals surface area (Å²) in [6.07, 6.45) is 6.19. The van der Waals surface area contributed by atoms with Gasteiger partial charge in [-0.25, -0.2) is 0 Å². The first-order valence-electron chi connectivity index (χ1n) is 9.30. The summed E-state index contributed by atoms with van der Waals surface area (Å²) in [6, 6.07) is 9.46. The van der Waals surface area contributed by atoms with Crippen molar-refractivity contribution in [1.82, 2.24) is 9.80 Å². The number of amides is 2. The molecule has 1 unspecified atom stereocenters. The minimum Gasteiger partial charge on any atom is -0.331 e. The van der Waals surface area contributed by atoms with Crippen molar-refractivity contribution in [2.75, 3.05) is 13.1 Å². The van der Waals surface area contributed by atoms with Gasteiger partial charge in [0.1, 0.15) is 12.3 Å². The predicted octanol–water partition coefficient (Wildman–Crippen LogP) is 2.19. The molecule has 2 fully saturated rings. The summed E-state index contributed by atoms with van der Waals surface area (Å²) >= 11 is 0. The SMILES string of the molecule is O=CC1CCCN1C(=O)[C@@H]1CCCN1C(=O)CCCc1ccccc1. The molecule has 5 heteroatoms. The molecule has 0 saturated carbocycles. The summed E-state index contributed by atoms with van der Waals surface area (Å²) < 4.78 is 0. The van der Waals surface area contributed by atoms with E-state index in [1.807, 2.05) is 18.2 Å². The molecule has 0 radical (unpaired) electrons. The molecular weight excluding hydrogens is 316 g/mol. The first-order chi connectivity index (χ1) is 12.2. The van der Waals surface area contributed by atoms with Crippen molar-refractivity contribution in [3.63, 3.8) is 0 Å². The van der Waals surface area contributed by atoms with Gasteiger partial charge in [0.05, 0.1) is 6.04 Å². The Morgan fingerprint density at radius 3 is 2.52 bits per heavy atom. The van der Waals surface area contributed by atoms with Gasteiger partial charge in [-0.1, -0.05) is 30.3 Å². The molecule has 0 aliphatic carbocycles. The molecule has 0 bridgehead atoms. The normalized spacial score (nSPS) is 23.0. The van der Waals surface area contributed by atoms with Crippen LogP contribution in [0.5, 0.6) is 0 Å². The van der Waals surface area contributed by atoms with Crippen LogP contribution in [0, 0.1) is 0 Å². The fourth-order valence-electron chi connectivity index (χ4n) is 3.95. The third kappa shape index (κ3) is 4.09. The molecule has 5 nitrogen and oxygen atoms in total. The number of aldehydes is 1. The molecule has 0 aromatic heterocycles. The van der Waals surface area contributed by atoms with E-state index < -0.39 is 0 Å². The van der Waals surface area contributed by atoms with Crippen LogP contribution >= 0.6 is 0 Å². The number of likely N-dealkylation sites (tertiary alicyclic amines) is 2. The van der Waals surface area contributed by atoms with Crippen molar-refractivity contribution < 1.29 is 14.4 Å². The maximum atomic E-state index is 12.8. The first kappa shape index (κ1) is 17.6. The zero-order chi connectivity index (χ0) is 17.6. The largest absolute Gasteiger partial charge is 0.331 e. The van der Waals surface area contributed by atoms with Gasteiger partial charge >= 0.3 is 0 Å². The number of benzene rings is 1. The van der Waals surface area contributed by atoms with Crippen LogP contribution in [-0.2, 0) is 20.8 Å². The lowest BCUT2D eigenvalue weighted by atomic mass is 10.1. The van der Waals surface area contributed by atoms with Crippen LogP contribution in [0.1, 0.15) is 44.1 Å². The molecule has 2 amide bonds. The van der Waals surface area contributed by atoms with E-state index in [0.717, 1.165) is 38.4 Å². The van der Waals surface area contributed by atoms with Crippen molar-refractivity contribution >= 4 is 18.1 Å². The molecule has 2 heterocycles. The summed E-state index contributed by atoms with van der Waals surface area (Å²) in [7, 11) is 0. The zero-order valence-electron chi connectivity index (χ0n) is 14.6. The summed E-state index contributed by atoms with van der Waals surface area (Å²) in [5.74, 6) is 0.0251. The Hall–Kier alpha value is -2.17. The lowest BCUT2D eigenvalue weighted by Crippen LogP contribution is -2.49. The summed E-state index contributed by atoms with van der Waals surface area (Å²) in [4.78, 5) is 40.0. The Labute approximate surface area is 149 Å². The van der Waals surface area contributed by atoms with Gasteiger partial charge in [0.15, 0.2) is 0 Å². The highest BCUT2D eigenvalue weighted by Gasteiger charge is 2.39. The number of hydrogen-bond donors (Lipinski definition) is 0. The van der Waals surface area contributed by atoms with E-state index in [2.05, 4.69) is 12.1 Å². The maximum absolute atomic E-state index is 12.8. The number of carbonyl (C=O) groups is 3. The minimum absolute atomic E-state index is 0.0384. The van der Waals surface area contributed by atoms with Crippen LogP contribution in [0.4, 0.5) is 0 Å². The molecule has 134 valence electrons. The quantitative estimate of drug-likeness (QED) is 0.745. The van der Waals surface area contributed by atoms with Gasteiger partial charge in [0, 0.05) is 19.5 Å². The van der Waals surface area contributed by atoms with E-state index in [-0.39, 0.29) is 23.9 Å². The number of rotatable bonds is 6. The Kier molecular flexibility index (Phi) is 5.84. The van der Waals surface area contributed by atoms with E-state index >= 15 is 0 Å². The van der Waals surface area contributed by atoms with E-state index in [1.54, 1.807) is 9.80 Å². The summed E-state index contributed by atoms with van der Waals surface area (Å²) in [5, 5.41) is 0. The van der Waals surface area contributed by atoms with Crippen LogP contribution in [0.15, 0.2) is 30.3 Å². The van der Waals surface area contributed by atoms with Gasteiger partial charge in [0.25, 0.3) is 0 Å². The monoisotopic (exact) mass is 342 g/mol. The molecule has 0 spiro atoms. The van der Waals surface area contributed by atoms with Gasteiger partial charge in [-0.2, -0.15) is 0 Å². The fourth-order valence-corrected chi connectivity index (χ4v) is 3.95. The molecule has 3 rings (SSSR count). The molecule has 2 aliphatic heterocycles. The van der Waals surface area contributed by atoms with Gasteiger partial charge < -0.3 is 14.6 Å². The van der Waals surface area contributed by atoms with Crippen molar-refractivity contribution in [3.8, 4) is 0 Å². The van der Waals surface area contributed by atoms with Crippen LogP contribution in [0.3, 0.4) is 0 Å². The number of nitrogens with zero attached hydrogens (tertiary/aromatic N) is 2. The third-order valence-electron chi connectivity index (χ3n) is 5.30. The standard InChI is InChI=1S/C20H26N2O3/c23-15-17-10-5-13-21(17)20(25)18-11-6-14-22(18)19(24)12-4-9-16-7-2-1-3-8-16/h1-3,7-8,15,17-18H,4-6,9-14H2/t17?,18-/m0/s1. The van der Waals surface area contributed by atoms with E-state index in [0.29, 0.717) is 25.9 Å². The average molecular weight is 342 g/mol. The highest BCUT2D eigenvalue weighted by molar-refractivity contribution is 5.90. The maximum Gasteiger partial charge on any atom is 0.245 e. The predicted molar refractivity (Wildman–Crippen MR) is 94.9 cm³/mol. The molecule has 2 aliphatic rings.